The maximum atomic E-state index is 12.3. The van der Waals surface area contributed by atoms with Crippen LogP contribution in [-0.2, 0) is 14.3 Å². The van der Waals surface area contributed by atoms with Gasteiger partial charge in [-0.05, 0) is 56.7 Å². The molecule has 0 bridgehead atoms. The van der Waals surface area contributed by atoms with Crippen molar-refractivity contribution in [2.24, 2.45) is 11.3 Å². The van der Waals surface area contributed by atoms with Gasteiger partial charge in [0.1, 0.15) is 11.6 Å². The first-order chi connectivity index (χ1) is 18.0. The van der Waals surface area contributed by atoms with Crippen LogP contribution in [0.15, 0.2) is 30.5 Å². The van der Waals surface area contributed by atoms with Crippen molar-refractivity contribution in [3.63, 3.8) is 0 Å². The number of carbonyl (C=O) groups is 1. The number of anilines is 2. The van der Waals surface area contributed by atoms with Gasteiger partial charge in [-0.2, -0.15) is 5.26 Å². The Morgan fingerprint density at radius 2 is 2.03 bits per heavy atom. The smallest absolute Gasteiger partial charge is 0.223 e. The van der Waals surface area contributed by atoms with Gasteiger partial charge in [-0.1, -0.05) is 17.7 Å². The number of hydrogen-bond donors (Lipinski definition) is 3. The molecule has 0 radical (unpaired) electrons. The number of nitrogens with one attached hydrogen (secondary N) is 3. The van der Waals surface area contributed by atoms with Gasteiger partial charge >= 0.3 is 0 Å². The van der Waals surface area contributed by atoms with Gasteiger partial charge in [-0.15, -0.1) is 0 Å². The number of methoxy groups -OCH3 is 1. The first-order valence-electron chi connectivity index (χ1n) is 12.9. The highest BCUT2D eigenvalue weighted by molar-refractivity contribution is 6.33. The van der Waals surface area contributed by atoms with E-state index >= 15 is 0 Å². The Bertz CT molecular complexity index is 1090. The monoisotopic (exact) mass is 526 g/mol. The standard InChI is InChI=1S/C27H35ClN6O3/c1-36-14-11-30-26(35)19-5-7-20(8-6-19)33-25-15-21(22(28)16-31-25)23-3-2-4-24(34-23)32-18-27(17-29)9-12-37-13-10-27/h2-4,15-16,19-20H,5-14,18H2,1H3,(H,30,35)(H,31,33)(H,32,34). The third kappa shape index (κ3) is 7.31. The van der Waals surface area contributed by atoms with Gasteiger partial charge in [0.05, 0.1) is 28.8 Å². The number of halogens is 1. The molecule has 37 heavy (non-hydrogen) atoms. The summed E-state index contributed by atoms with van der Waals surface area (Å²) in [5, 5.41) is 20.0. The molecule has 0 unspecified atom stereocenters. The number of nitrogens with zero attached hydrogens (tertiary/aromatic N) is 3. The summed E-state index contributed by atoms with van der Waals surface area (Å²) in [5.41, 5.74) is 1.08. The number of aromatic nitrogens is 2. The van der Waals surface area contributed by atoms with Crippen molar-refractivity contribution in [1.29, 1.82) is 5.26 Å². The Hall–Kier alpha value is -2.93. The van der Waals surface area contributed by atoms with Crippen LogP contribution in [0.5, 0.6) is 0 Å². The molecule has 1 saturated carbocycles. The normalized spacial score (nSPS) is 21.0. The van der Waals surface area contributed by atoms with Crippen LogP contribution >= 0.6 is 11.6 Å². The lowest BCUT2D eigenvalue weighted by atomic mass is 9.82. The van der Waals surface area contributed by atoms with Crippen LogP contribution in [-0.4, -0.2) is 61.9 Å². The third-order valence-electron chi connectivity index (χ3n) is 7.23. The zero-order valence-corrected chi connectivity index (χ0v) is 22.0. The summed E-state index contributed by atoms with van der Waals surface area (Å²) in [6, 6.07) is 10.4. The number of carbonyl (C=O) groups excluding carboxylic acids is 1. The van der Waals surface area contributed by atoms with Crippen LogP contribution < -0.4 is 16.0 Å². The number of rotatable bonds is 10. The van der Waals surface area contributed by atoms with E-state index in [4.69, 9.17) is 26.1 Å². The molecule has 9 nitrogen and oxygen atoms in total. The maximum Gasteiger partial charge on any atom is 0.223 e. The van der Waals surface area contributed by atoms with Gasteiger partial charge in [-0.25, -0.2) is 9.97 Å². The second-order valence-electron chi connectivity index (χ2n) is 9.79. The molecule has 1 aliphatic heterocycles. The van der Waals surface area contributed by atoms with Crippen LogP contribution in [0, 0.1) is 22.7 Å². The Morgan fingerprint density at radius 1 is 1.24 bits per heavy atom. The molecule has 0 spiro atoms. The van der Waals surface area contributed by atoms with Gasteiger partial charge in [-0.3, -0.25) is 4.79 Å². The third-order valence-corrected chi connectivity index (χ3v) is 7.53. The van der Waals surface area contributed by atoms with E-state index in [9.17, 15) is 10.1 Å². The van der Waals surface area contributed by atoms with Crippen LogP contribution in [0.1, 0.15) is 38.5 Å². The number of hydrogen-bond acceptors (Lipinski definition) is 8. The van der Waals surface area contributed by atoms with Gasteiger partial charge in [0.25, 0.3) is 0 Å². The first-order valence-corrected chi connectivity index (χ1v) is 13.3. The Balaban J connectivity index is 1.36. The van der Waals surface area contributed by atoms with Crippen LogP contribution in [0.3, 0.4) is 0 Å². The SMILES string of the molecule is COCCNC(=O)C1CCC(Nc2cc(-c3cccc(NCC4(C#N)CCOCC4)n3)c(Cl)cn2)CC1. The lowest BCUT2D eigenvalue weighted by Gasteiger charge is -2.30. The van der Waals surface area contributed by atoms with E-state index in [1.54, 1.807) is 13.3 Å². The van der Waals surface area contributed by atoms with Crippen LogP contribution in [0.4, 0.5) is 11.6 Å². The minimum Gasteiger partial charge on any atom is -0.383 e. The molecule has 0 atom stereocenters. The molecule has 2 aromatic heterocycles. The number of ether oxygens (including phenoxy) is 2. The average molecular weight is 527 g/mol. The van der Waals surface area contributed by atoms with Gasteiger partial charge in [0, 0.05) is 57.1 Å². The lowest BCUT2D eigenvalue weighted by Crippen LogP contribution is -2.37. The number of pyridine rings is 2. The number of amides is 1. The average Bonchev–Trinajstić information content (AvgIpc) is 2.94. The largest absolute Gasteiger partial charge is 0.383 e. The molecule has 2 fully saturated rings. The van der Waals surface area contributed by atoms with E-state index in [2.05, 4.69) is 27.0 Å². The molecular formula is C27H35ClN6O3. The molecule has 1 amide bonds. The predicted octanol–water partition coefficient (Wildman–Crippen LogP) is 4.26. The zero-order chi connectivity index (χ0) is 26.1. The van der Waals surface area contributed by atoms with E-state index in [0.29, 0.717) is 56.6 Å². The molecular weight excluding hydrogens is 492 g/mol. The molecule has 3 N–H and O–H groups in total. The van der Waals surface area contributed by atoms with E-state index in [1.807, 2.05) is 24.3 Å². The summed E-state index contributed by atoms with van der Waals surface area (Å²) in [5.74, 6) is 1.59. The second kappa shape index (κ2) is 13.0. The summed E-state index contributed by atoms with van der Waals surface area (Å²) >= 11 is 6.51. The molecule has 1 saturated heterocycles. The Labute approximate surface area is 223 Å². The zero-order valence-electron chi connectivity index (χ0n) is 21.3. The maximum absolute atomic E-state index is 12.3. The molecule has 2 aromatic rings. The molecule has 10 heteroatoms. The van der Waals surface area contributed by atoms with Crippen molar-refractivity contribution in [2.45, 2.75) is 44.6 Å². The summed E-state index contributed by atoms with van der Waals surface area (Å²) in [4.78, 5) is 21.6. The van der Waals surface area contributed by atoms with Crippen molar-refractivity contribution in [3.05, 3.63) is 35.5 Å². The molecule has 0 aromatic carbocycles. The summed E-state index contributed by atoms with van der Waals surface area (Å²) in [7, 11) is 1.63. The number of nitriles is 1. The minimum absolute atomic E-state index is 0.0457. The molecule has 2 aliphatic rings. The molecule has 4 rings (SSSR count). The van der Waals surface area contributed by atoms with Gasteiger partial charge < -0.3 is 25.4 Å². The van der Waals surface area contributed by atoms with E-state index < -0.39 is 5.41 Å². The predicted molar refractivity (Wildman–Crippen MR) is 143 cm³/mol. The minimum atomic E-state index is -0.440. The van der Waals surface area contributed by atoms with Gasteiger partial charge in [0.15, 0.2) is 0 Å². The molecule has 198 valence electrons. The summed E-state index contributed by atoms with van der Waals surface area (Å²) in [6.45, 7) is 2.80. The first kappa shape index (κ1) is 27.1. The fourth-order valence-electron chi connectivity index (χ4n) is 4.88. The molecule has 1 aliphatic carbocycles. The highest BCUT2D eigenvalue weighted by atomic mass is 35.5. The quantitative estimate of drug-likeness (QED) is 0.392. The van der Waals surface area contributed by atoms with Crippen LogP contribution in [0.25, 0.3) is 11.3 Å². The fraction of sp³-hybridized carbons (Fsp3) is 0.556. The van der Waals surface area contributed by atoms with Crippen molar-refractivity contribution in [3.8, 4) is 17.3 Å². The topological polar surface area (TPSA) is 121 Å². The summed E-state index contributed by atoms with van der Waals surface area (Å²) in [6.07, 6.45) is 6.52. The van der Waals surface area contributed by atoms with Crippen LogP contribution in [0.2, 0.25) is 5.02 Å². The van der Waals surface area contributed by atoms with Crippen molar-refractivity contribution in [2.75, 3.05) is 50.7 Å². The second-order valence-corrected chi connectivity index (χ2v) is 10.2. The molecule has 3 heterocycles. The van der Waals surface area contributed by atoms with Crippen molar-refractivity contribution < 1.29 is 14.3 Å². The van der Waals surface area contributed by atoms with Crippen molar-refractivity contribution in [1.82, 2.24) is 15.3 Å². The highest BCUT2D eigenvalue weighted by Crippen LogP contribution is 2.32. The van der Waals surface area contributed by atoms with E-state index in [-0.39, 0.29) is 17.9 Å². The van der Waals surface area contributed by atoms with E-state index in [0.717, 1.165) is 42.8 Å². The van der Waals surface area contributed by atoms with Gasteiger partial charge in [0.2, 0.25) is 5.91 Å². The Kier molecular flexibility index (Phi) is 9.56. The van der Waals surface area contributed by atoms with Crippen molar-refractivity contribution >= 4 is 29.1 Å². The highest BCUT2D eigenvalue weighted by Gasteiger charge is 2.32. The lowest BCUT2D eigenvalue weighted by molar-refractivity contribution is -0.126. The summed E-state index contributed by atoms with van der Waals surface area (Å²) < 4.78 is 10.4. The Morgan fingerprint density at radius 3 is 2.76 bits per heavy atom. The van der Waals surface area contributed by atoms with E-state index in [1.165, 1.54) is 0 Å². The fourth-order valence-corrected chi connectivity index (χ4v) is 5.08.